The lowest BCUT2D eigenvalue weighted by atomic mass is 9.99. The third-order valence-electron chi connectivity index (χ3n) is 4.95. The molecule has 0 aliphatic carbocycles. The minimum Gasteiger partial charge on any atom is -0.332 e. The molecule has 4 heteroatoms. The number of benzene rings is 3. The van der Waals surface area contributed by atoms with E-state index in [1.165, 1.54) is 16.3 Å². The summed E-state index contributed by atoms with van der Waals surface area (Å²) in [5.41, 5.74) is 1.95. The summed E-state index contributed by atoms with van der Waals surface area (Å²) in [6, 6.07) is 22.6. The fraction of sp³-hybridized carbons (Fsp3) is 0.182. The molecule has 0 saturated carbocycles. The number of hydrogen-bond acceptors (Lipinski definition) is 2. The summed E-state index contributed by atoms with van der Waals surface area (Å²) >= 11 is 0. The minimum atomic E-state index is -0.0799. The molecule has 2 atom stereocenters. The number of fused-ring (bicyclic) bond motifs is 2. The minimum absolute atomic E-state index is 0.0428. The van der Waals surface area contributed by atoms with Crippen molar-refractivity contribution in [3.63, 3.8) is 0 Å². The Morgan fingerprint density at radius 1 is 0.846 bits per heavy atom. The molecule has 4 aromatic rings. The molecule has 0 spiro atoms. The molecule has 4 rings (SSSR count). The normalized spacial score (nSPS) is 13.8. The van der Waals surface area contributed by atoms with Crippen LogP contribution in [0.4, 0.5) is 0 Å². The van der Waals surface area contributed by atoms with Gasteiger partial charge in [-0.05, 0) is 36.8 Å². The highest BCUT2D eigenvalue weighted by atomic mass is 16.1. The molecule has 0 aliphatic heterocycles. The molecule has 3 N–H and O–H groups in total. The van der Waals surface area contributed by atoms with Gasteiger partial charge < -0.3 is 10.3 Å². The zero-order valence-corrected chi connectivity index (χ0v) is 14.9. The van der Waals surface area contributed by atoms with E-state index >= 15 is 0 Å². The van der Waals surface area contributed by atoms with Crippen molar-refractivity contribution in [2.45, 2.75) is 25.9 Å². The van der Waals surface area contributed by atoms with Gasteiger partial charge in [-0.3, -0.25) is 4.79 Å². The third kappa shape index (κ3) is 3.00. The summed E-state index contributed by atoms with van der Waals surface area (Å²) in [4.78, 5) is 19.9. The summed E-state index contributed by atoms with van der Waals surface area (Å²) in [7, 11) is 0. The quantitative estimate of drug-likeness (QED) is 0.595. The van der Waals surface area contributed by atoms with Crippen LogP contribution in [0.3, 0.4) is 0 Å². The van der Waals surface area contributed by atoms with Crippen molar-refractivity contribution in [2.24, 2.45) is 0 Å². The van der Waals surface area contributed by atoms with E-state index in [1.54, 1.807) is 6.07 Å². The van der Waals surface area contributed by atoms with Crippen LogP contribution in [0.15, 0.2) is 71.5 Å². The van der Waals surface area contributed by atoms with Gasteiger partial charge in [-0.1, -0.05) is 54.6 Å². The van der Waals surface area contributed by atoms with Gasteiger partial charge in [0, 0.05) is 5.56 Å². The maximum Gasteiger partial charge on any atom is 0.258 e. The molecule has 0 fully saturated rings. The van der Waals surface area contributed by atoms with Crippen LogP contribution in [-0.4, -0.2) is 9.97 Å². The molecule has 0 unspecified atom stereocenters. The maximum atomic E-state index is 12.3. The number of para-hydroxylation sites is 1. The molecule has 0 radical (unpaired) electrons. The summed E-state index contributed by atoms with van der Waals surface area (Å²) in [6.45, 7) is 4.27. The van der Waals surface area contributed by atoms with E-state index in [9.17, 15) is 4.79 Å². The van der Waals surface area contributed by atoms with Crippen molar-refractivity contribution < 1.29 is 5.32 Å². The van der Waals surface area contributed by atoms with E-state index in [0.717, 1.165) is 5.52 Å². The van der Waals surface area contributed by atoms with Gasteiger partial charge in [-0.25, -0.2) is 4.98 Å². The number of nitrogens with two attached hydrogens (primary N) is 1. The molecular formula is C22H22N3O+. The Balaban J connectivity index is 1.65. The zero-order valence-electron chi connectivity index (χ0n) is 14.9. The largest absolute Gasteiger partial charge is 0.332 e. The van der Waals surface area contributed by atoms with Crippen LogP contribution in [0, 0.1) is 0 Å². The van der Waals surface area contributed by atoms with Crippen LogP contribution >= 0.6 is 0 Å². The fourth-order valence-corrected chi connectivity index (χ4v) is 3.60. The average molecular weight is 344 g/mol. The Morgan fingerprint density at radius 3 is 2.38 bits per heavy atom. The summed E-state index contributed by atoms with van der Waals surface area (Å²) in [6.07, 6.45) is 0. The maximum absolute atomic E-state index is 12.3. The number of hydrogen-bond donors (Lipinski definition) is 2. The Labute approximate surface area is 151 Å². The SMILES string of the molecule is C[C@@H]([NH2+][C@H](C)c1cccc2ccccc12)c1nc2ccccc2c(=O)[nH]1. The van der Waals surface area contributed by atoms with Gasteiger partial charge in [0.2, 0.25) is 0 Å². The molecule has 1 heterocycles. The van der Waals surface area contributed by atoms with Gasteiger partial charge in [-0.15, -0.1) is 0 Å². The molecule has 130 valence electrons. The van der Waals surface area contributed by atoms with Crippen molar-refractivity contribution in [3.05, 3.63) is 88.5 Å². The van der Waals surface area contributed by atoms with Crippen LogP contribution < -0.4 is 10.9 Å². The predicted octanol–water partition coefficient (Wildman–Crippen LogP) is 3.46. The highest BCUT2D eigenvalue weighted by Crippen LogP contribution is 2.22. The lowest BCUT2D eigenvalue weighted by Crippen LogP contribution is -2.85. The van der Waals surface area contributed by atoms with E-state index in [1.807, 2.05) is 18.2 Å². The second-order valence-corrected chi connectivity index (χ2v) is 6.81. The number of aromatic amines is 1. The molecular weight excluding hydrogens is 322 g/mol. The highest BCUT2D eigenvalue weighted by Gasteiger charge is 2.19. The predicted molar refractivity (Wildman–Crippen MR) is 105 cm³/mol. The van der Waals surface area contributed by atoms with Crippen LogP contribution in [0.2, 0.25) is 0 Å². The van der Waals surface area contributed by atoms with Crippen LogP contribution in [0.25, 0.3) is 21.7 Å². The second kappa shape index (κ2) is 6.73. The molecule has 0 amide bonds. The number of quaternary nitrogens is 1. The van der Waals surface area contributed by atoms with Crippen molar-refractivity contribution in [3.8, 4) is 0 Å². The van der Waals surface area contributed by atoms with Gasteiger partial charge in [0.15, 0.2) is 5.82 Å². The molecule has 0 bridgehead atoms. The summed E-state index contributed by atoms with van der Waals surface area (Å²) in [5, 5.41) is 5.39. The molecule has 1 aromatic heterocycles. The number of H-pyrrole nitrogens is 1. The molecule has 4 nitrogen and oxygen atoms in total. The van der Waals surface area contributed by atoms with Crippen molar-refractivity contribution in [1.82, 2.24) is 9.97 Å². The second-order valence-electron chi connectivity index (χ2n) is 6.81. The zero-order chi connectivity index (χ0) is 18.1. The lowest BCUT2D eigenvalue weighted by Gasteiger charge is -2.18. The number of nitrogens with zero attached hydrogens (tertiary/aromatic N) is 1. The Morgan fingerprint density at radius 2 is 1.54 bits per heavy atom. The van der Waals surface area contributed by atoms with Gasteiger partial charge >= 0.3 is 0 Å². The third-order valence-corrected chi connectivity index (χ3v) is 4.95. The first-order valence-electron chi connectivity index (χ1n) is 8.95. The van der Waals surface area contributed by atoms with Crippen molar-refractivity contribution in [2.75, 3.05) is 0 Å². The number of rotatable bonds is 4. The van der Waals surface area contributed by atoms with Crippen LogP contribution in [0.1, 0.15) is 37.3 Å². The van der Waals surface area contributed by atoms with Crippen LogP contribution in [0.5, 0.6) is 0 Å². The van der Waals surface area contributed by atoms with Gasteiger partial charge in [0.05, 0.1) is 10.9 Å². The number of aromatic nitrogens is 2. The summed E-state index contributed by atoms with van der Waals surface area (Å²) < 4.78 is 0. The molecule has 3 aromatic carbocycles. The van der Waals surface area contributed by atoms with Crippen molar-refractivity contribution >= 4 is 21.7 Å². The first-order chi connectivity index (χ1) is 12.6. The van der Waals surface area contributed by atoms with E-state index < -0.39 is 0 Å². The molecule has 0 aliphatic rings. The average Bonchev–Trinajstić information content (AvgIpc) is 2.67. The number of nitrogens with one attached hydrogen (secondary N) is 1. The topological polar surface area (TPSA) is 62.4 Å². The Bertz CT molecular complexity index is 1130. The van der Waals surface area contributed by atoms with E-state index in [2.05, 4.69) is 71.6 Å². The monoisotopic (exact) mass is 344 g/mol. The van der Waals surface area contributed by atoms with Gasteiger partial charge in [0.25, 0.3) is 5.56 Å². The first-order valence-corrected chi connectivity index (χ1v) is 8.95. The van der Waals surface area contributed by atoms with Crippen molar-refractivity contribution in [1.29, 1.82) is 0 Å². The van der Waals surface area contributed by atoms with E-state index in [-0.39, 0.29) is 17.6 Å². The van der Waals surface area contributed by atoms with E-state index in [4.69, 9.17) is 0 Å². The highest BCUT2D eigenvalue weighted by molar-refractivity contribution is 5.85. The first kappa shape index (κ1) is 16.5. The standard InChI is InChI=1S/C22H21N3O/c1-14(17-12-7-9-16-8-3-4-10-18(16)17)23-15(2)21-24-20-13-6-5-11-19(20)22(26)25-21/h3-15,23H,1-2H3,(H,24,25,26)/p+1/t14-,15-/m1/s1. The lowest BCUT2D eigenvalue weighted by molar-refractivity contribution is -0.729. The Hall–Kier alpha value is -2.98. The van der Waals surface area contributed by atoms with Gasteiger partial charge in [-0.2, -0.15) is 0 Å². The Kier molecular flexibility index (Phi) is 4.27. The van der Waals surface area contributed by atoms with Gasteiger partial charge in [0.1, 0.15) is 12.1 Å². The van der Waals surface area contributed by atoms with E-state index in [0.29, 0.717) is 11.2 Å². The summed E-state index contributed by atoms with van der Waals surface area (Å²) in [5.74, 6) is 0.709. The fourth-order valence-electron chi connectivity index (χ4n) is 3.60. The smallest absolute Gasteiger partial charge is 0.258 e. The molecule has 26 heavy (non-hydrogen) atoms. The van der Waals surface area contributed by atoms with Crippen LogP contribution in [-0.2, 0) is 0 Å². The molecule has 0 saturated heterocycles.